The molecular weight excluding hydrogens is 326 g/mol. The third-order valence-corrected chi connectivity index (χ3v) is 5.29. The Bertz CT molecular complexity index is 393. The minimum Gasteiger partial charge on any atom is -0.383 e. The molecule has 4 nitrogen and oxygen atoms in total. The summed E-state index contributed by atoms with van der Waals surface area (Å²) in [7, 11) is 1.73. The second-order valence-corrected chi connectivity index (χ2v) is 6.76. The summed E-state index contributed by atoms with van der Waals surface area (Å²) >= 11 is 5.71. The Labute approximate surface area is 127 Å². The lowest BCUT2D eigenvalue weighted by Crippen LogP contribution is -2.31. The number of methoxy groups -OCH3 is 1. The van der Waals surface area contributed by atoms with Crippen LogP contribution in [0.1, 0.15) is 25.1 Å². The fourth-order valence-electron chi connectivity index (χ4n) is 2.56. The molecule has 0 spiro atoms. The molecule has 0 saturated carbocycles. The number of halogens is 1. The van der Waals surface area contributed by atoms with Crippen molar-refractivity contribution >= 4 is 27.7 Å². The molecule has 6 heteroatoms. The van der Waals surface area contributed by atoms with Crippen molar-refractivity contribution in [2.24, 2.45) is 5.92 Å². The van der Waals surface area contributed by atoms with Gasteiger partial charge in [0.1, 0.15) is 0 Å². The van der Waals surface area contributed by atoms with Crippen LogP contribution in [0.25, 0.3) is 0 Å². The number of nitrogens with one attached hydrogen (secondary N) is 1. The van der Waals surface area contributed by atoms with Crippen molar-refractivity contribution in [3.8, 4) is 0 Å². The number of nitrogens with zero attached hydrogens (tertiary/aromatic N) is 2. The van der Waals surface area contributed by atoms with E-state index in [-0.39, 0.29) is 0 Å². The molecule has 1 aliphatic heterocycles. The third-order valence-electron chi connectivity index (χ3n) is 3.50. The smallest absolute Gasteiger partial charge is 0.0699 e. The fourth-order valence-corrected chi connectivity index (χ4v) is 4.40. The Morgan fingerprint density at radius 3 is 3.16 bits per heavy atom. The van der Waals surface area contributed by atoms with E-state index in [4.69, 9.17) is 4.74 Å². The van der Waals surface area contributed by atoms with Crippen LogP contribution in [0.4, 0.5) is 0 Å². The molecule has 2 unspecified atom stereocenters. The number of aromatic nitrogens is 2. The van der Waals surface area contributed by atoms with Crippen LogP contribution in [0.5, 0.6) is 0 Å². The van der Waals surface area contributed by atoms with Crippen LogP contribution in [0.15, 0.2) is 10.7 Å². The summed E-state index contributed by atoms with van der Waals surface area (Å²) in [5.41, 5.74) is 1.27. The Kier molecular flexibility index (Phi) is 6.19. The first-order valence-corrected chi connectivity index (χ1v) is 8.74. The van der Waals surface area contributed by atoms with Crippen molar-refractivity contribution in [1.29, 1.82) is 0 Å². The van der Waals surface area contributed by atoms with Gasteiger partial charge in [-0.25, -0.2) is 0 Å². The topological polar surface area (TPSA) is 39.1 Å². The van der Waals surface area contributed by atoms with Crippen LogP contribution in [-0.4, -0.2) is 41.5 Å². The Hall–Kier alpha value is -0.0400. The quantitative estimate of drug-likeness (QED) is 0.822. The van der Waals surface area contributed by atoms with Crippen molar-refractivity contribution in [3.63, 3.8) is 0 Å². The predicted molar refractivity (Wildman–Crippen MR) is 83.7 cm³/mol. The maximum Gasteiger partial charge on any atom is 0.0699 e. The van der Waals surface area contributed by atoms with Crippen LogP contribution >= 0.6 is 27.7 Å². The van der Waals surface area contributed by atoms with E-state index in [2.05, 4.69) is 49.7 Å². The van der Waals surface area contributed by atoms with Gasteiger partial charge in [-0.1, -0.05) is 6.92 Å². The SMILES string of the molecule is CCNC(c1c(Br)cnn1CCOC)C1CCSC1. The summed E-state index contributed by atoms with van der Waals surface area (Å²) < 4.78 is 8.35. The summed E-state index contributed by atoms with van der Waals surface area (Å²) in [6, 6.07) is 0.383. The summed E-state index contributed by atoms with van der Waals surface area (Å²) in [5.74, 6) is 3.20. The highest BCUT2D eigenvalue weighted by Crippen LogP contribution is 2.36. The average molecular weight is 348 g/mol. The van der Waals surface area contributed by atoms with Crippen LogP contribution in [0.2, 0.25) is 0 Å². The molecular formula is C13H22BrN3OS. The first-order valence-electron chi connectivity index (χ1n) is 6.79. The lowest BCUT2D eigenvalue weighted by Gasteiger charge is -2.25. The normalized spacial score (nSPS) is 20.9. The molecule has 1 N–H and O–H groups in total. The minimum atomic E-state index is 0.383. The van der Waals surface area contributed by atoms with E-state index < -0.39 is 0 Å². The van der Waals surface area contributed by atoms with Gasteiger partial charge >= 0.3 is 0 Å². The van der Waals surface area contributed by atoms with Gasteiger partial charge in [0.2, 0.25) is 0 Å². The van der Waals surface area contributed by atoms with Crippen LogP contribution < -0.4 is 5.32 Å². The number of thioether (sulfide) groups is 1. The lowest BCUT2D eigenvalue weighted by molar-refractivity contribution is 0.180. The largest absolute Gasteiger partial charge is 0.383 e. The highest BCUT2D eigenvalue weighted by molar-refractivity contribution is 9.10. The maximum atomic E-state index is 5.17. The van der Waals surface area contributed by atoms with Crippen LogP contribution in [0.3, 0.4) is 0 Å². The van der Waals surface area contributed by atoms with Gasteiger partial charge in [0.25, 0.3) is 0 Å². The zero-order valence-electron chi connectivity index (χ0n) is 11.6. The van der Waals surface area contributed by atoms with Crippen molar-refractivity contribution in [3.05, 3.63) is 16.4 Å². The van der Waals surface area contributed by atoms with E-state index in [0.717, 1.165) is 17.6 Å². The molecule has 1 aliphatic rings. The molecule has 0 bridgehead atoms. The van der Waals surface area contributed by atoms with Gasteiger partial charge in [-0.05, 0) is 46.3 Å². The zero-order chi connectivity index (χ0) is 13.7. The maximum absolute atomic E-state index is 5.17. The average Bonchev–Trinajstić information content (AvgIpc) is 3.04. The summed E-state index contributed by atoms with van der Waals surface area (Å²) in [6.07, 6.45) is 3.18. The summed E-state index contributed by atoms with van der Waals surface area (Å²) in [5, 5.41) is 8.11. The van der Waals surface area contributed by atoms with Gasteiger partial charge in [-0.2, -0.15) is 16.9 Å². The Morgan fingerprint density at radius 2 is 2.53 bits per heavy atom. The number of rotatable bonds is 7. The second kappa shape index (κ2) is 7.67. The van der Waals surface area contributed by atoms with Crippen molar-refractivity contribution in [1.82, 2.24) is 15.1 Å². The van der Waals surface area contributed by atoms with E-state index in [9.17, 15) is 0 Å². The Balaban J connectivity index is 2.21. The van der Waals surface area contributed by atoms with Gasteiger partial charge in [0, 0.05) is 7.11 Å². The molecule has 1 saturated heterocycles. The molecule has 108 valence electrons. The number of hydrogen-bond donors (Lipinski definition) is 1. The van der Waals surface area contributed by atoms with E-state index >= 15 is 0 Å². The predicted octanol–water partition coefficient (Wildman–Crippen LogP) is 2.70. The van der Waals surface area contributed by atoms with Crippen LogP contribution in [-0.2, 0) is 11.3 Å². The standard InChI is InChI=1S/C13H22BrN3OS/c1-3-15-12(10-4-7-19-9-10)13-11(14)8-16-17(13)5-6-18-2/h8,10,12,15H,3-7,9H2,1-2H3. The Morgan fingerprint density at radius 1 is 1.68 bits per heavy atom. The fraction of sp³-hybridized carbons (Fsp3) is 0.769. The van der Waals surface area contributed by atoms with E-state index in [1.54, 1.807) is 7.11 Å². The first kappa shape index (κ1) is 15.4. The van der Waals surface area contributed by atoms with E-state index in [1.807, 2.05) is 6.20 Å². The molecule has 1 aromatic heterocycles. The van der Waals surface area contributed by atoms with Crippen molar-refractivity contribution < 1.29 is 4.74 Å². The molecule has 0 aromatic carbocycles. The molecule has 19 heavy (non-hydrogen) atoms. The third kappa shape index (κ3) is 3.74. The van der Waals surface area contributed by atoms with Crippen molar-refractivity contribution in [2.45, 2.75) is 25.9 Å². The van der Waals surface area contributed by atoms with Gasteiger partial charge in [-0.3, -0.25) is 4.68 Å². The van der Waals surface area contributed by atoms with Crippen LogP contribution in [0, 0.1) is 5.92 Å². The molecule has 2 rings (SSSR count). The molecule has 0 aliphatic carbocycles. The highest BCUT2D eigenvalue weighted by atomic mass is 79.9. The molecule has 2 atom stereocenters. The molecule has 1 aromatic rings. The monoisotopic (exact) mass is 347 g/mol. The number of ether oxygens (including phenoxy) is 1. The van der Waals surface area contributed by atoms with Gasteiger partial charge < -0.3 is 10.1 Å². The van der Waals surface area contributed by atoms with E-state index in [1.165, 1.54) is 23.6 Å². The van der Waals surface area contributed by atoms with Gasteiger partial charge in [0.15, 0.2) is 0 Å². The first-order chi connectivity index (χ1) is 9.27. The van der Waals surface area contributed by atoms with Gasteiger partial charge in [-0.15, -0.1) is 0 Å². The lowest BCUT2D eigenvalue weighted by atomic mass is 9.96. The number of hydrogen-bond acceptors (Lipinski definition) is 4. The minimum absolute atomic E-state index is 0.383. The van der Waals surface area contributed by atoms with Gasteiger partial charge in [0.05, 0.1) is 35.6 Å². The molecule has 2 heterocycles. The second-order valence-electron chi connectivity index (χ2n) is 4.75. The van der Waals surface area contributed by atoms with Crippen molar-refractivity contribution in [2.75, 3.05) is 31.8 Å². The molecule has 0 radical (unpaired) electrons. The van der Waals surface area contributed by atoms with E-state index in [0.29, 0.717) is 18.6 Å². The molecule has 0 amide bonds. The zero-order valence-corrected chi connectivity index (χ0v) is 14.0. The summed E-state index contributed by atoms with van der Waals surface area (Å²) in [4.78, 5) is 0. The highest BCUT2D eigenvalue weighted by Gasteiger charge is 2.30. The molecule has 1 fully saturated rings. The summed E-state index contributed by atoms with van der Waals surface area (Å²) in [6.45, 7) is 4.64.